The highest BCUT2D eigenvalue weighted by molar-refractivity contribution is 9.10. The first-order chi connectivity index (χ1) is 7.24. The molecule has 0 aliphatic carbocycles. The van der Waals surface area contributed by atoms with Crippen molar-refractivity contribution in [1.29, 1.82) is 0 Å². The summed E-state index contributed by atoms with van der Waals surface area (Å²) >= 11 is 4.92. The van der Waals surface area contributed by atoms with E-state index in [0.29, 0.717) is 12.4 Å². The van der Waals surface area contributed by atoms with Crippen LogP contribution >= 0.6 is 27.7 Å². The Bertz CT molecular complexity index is 374. The number of hydrogen-bond donors (Lipinski definition) is 0. The molecule has 2 rings (SSSR count). The first-order valence-electron chi connectivity index (χ1n) is 4.31. The molecule has 0 bridgehead atoms. The molecule has 15 heavy (non-hydrogen) atoms. The highest BCUT2D eigenvalue weighted by Crippen LogP contribution is 2.23. The van der Waals surface area contributed by atoms with Gasteiger partial charge in [-0.1, -0.05) is 0 Å². The van der Waals surface area contributed by atoms with Crippen LogP contribution in [0.15, 0.2) is 27.8 Å². The summed E-state index contributed by atoms with van der Waals surface area (Å²) in [6.45, 7) is 0.341. The number of pyridine rings is 1. The zero-order valence-electron chi connectivity index (χ0n) is 7.68. The number of aromatic nitrogens is 1. The van der Waals surface area contributed by atoms with E-state index in [1.807, 2.05) is 6.07 Å². The minimum Gasteiger partial charge on any atom is -0.430 e. The van der Waals surface area contributed by atoms with E-state index in [9.17, 15) is 4.79 Å². The van der Waals surface area contributed by atoms with Gasteiger partial charge >= 0.3 is 6.16 Å². The second kappa shape index (κ2) is 4.85. The molecule has 1 aromatic heterocycles. The summed E-state index contributed by atoms with van der Waals surface area (Å²) < 4.78 is 10.5. The number of hydrogen-bond acceptors (Lipinski definition) is 5. The molecule has 0 saturated carbocycles. The van der Waals surface area contributed by atoms with Crippen molar-refractivity contribution in [3.8, 4) is 0 Å². The highest BCUT2D eigenvalue weighted by Gasteiger charge is 2.24. The number of rotatable bonds is 3. The van der Waals surface area contributed by atoms with Gasteiger partial charge in [0.25, 0.3) is 0 Å². The van der Waals surface area contributed by atoms with Gasteiger partial charge in [-0.05, 0) is 22.0 Å². The van der Waals surface area contributed by atoms with Gasteiger partial charge in [0, 0.05) is 27.5 Å². The zero-order valence-corrected chi connectivity index (χ0v) is 10.1. The molecule has 1 unspecified atom stereocenters. The molecule has 1 aromatic rings. The Morgan fingerprint density at radius 2 is 2.47 bits per heavy atom. The van der Waals surface area contributed by atoms with Crippen LogP contribution in [0.3, 0.4) is 0 Å². The monoisotopic (exact) mass is 289 g/mol. The minimum absolute atomic E-state index is 0.151. The molecule has 0 spiro atoms. The van der Waals surface area contributed by atoms with E-state index in [1.165, 1.54) is 0 Å². The maximum atomic E-state index is 10.6. The van der Waals surface area contributed by atoms with Crippen molar-refractivity contribution in [3.05, 3.63) is 22.9 Å². The van der Waals surface area contributed by atoms with Gasteiger partial charge in [-0.25, -0.2) is 4.79 Å². The summed E-state index contributed by atoms with van der Waals surface area (Å²) in [4.78, 5) is 15.7. The second-order valence-corrected chi connectivity index (χ2v) is 4.96. The van der Waals surface area contributed by atoms with Crippen molar-refractivity contribution in [2.45, 2.75) is 11.0 Å². The average Bonchev–Trinajstić information content (AvgIpc) is 2.62. The smallest absolute Gasteiger partial charge is 0.430 e. The molecule has 0 aromatic carbocycles. The van der Waals surface area contributed by atoms with E-state index < -0.39 is 6.16 Å². The Hall–Kier alpha value is -0.750. The van der Waals surface area contributed by atoms with Crippen LogP contribution in [-0.2, 0) is 9.47 Å². The van der Waals surface area contributed by atoms with E-state index in [-0.39, 0.29) is 6.10 Å². The van der Waals surface area contributed by atoms with E-state index in [1.54, 1.807) is 24.2 Å². The third-order valence-corrected chi connectivity index (χ3v) is 3.29. The summed E-state index contributed by atoms with van der Waals surface area (Å²) in [7, 11) is 0. The lowest BCUT2D eigenvalue weighted by Crippen LogP contribution is -2.12. The molecule has 1 aliphatic rings. The van der Waals surface area contributed by atoms with Crippen LogP contribution < -0.4 is 0 Å². The Kier molecular flexibility index (Phi) is 3.48. The lowest BCUT2D eigenvalue weighted by molar-refractivity contribution is 0.122. The molecular formula is C9H8BrNO3S. The molecule has 1 fully saturated rings. The second-order valence-electron chi connectivity index (χ2n) is 2.95. The van der Waals surface area contributed by atoms with Gasteiger partial charge in [0.15, 0.2) is 0 Å². The van der Waals surface area contributed by atoms with E-state index in [0.717, 1.165) is 9.37 Å². The zero-order chi connectivity index (χ0) is 10.7. The van der Waals surface area contributed by atoms with Crippen molar-refractivity contribution >= 4 is 33.8 Å². The molecule has 80 valence electrons. The van der Waals surface area contributed by atoms with Crippen LogP contribution in [0, 0.1) is 0 Å². The van der Waals surface area contributed by atoms with Gasteiger partial charge in [-0.15, -0.1) is 11.8 Å². The van der Waals surface area contributed by atoms with E-state index in [4.69, 9.17) is 4.74 Å². The van der Waals surface area contributed by atoms with E-state index in [2.05, 4.69) is 25.7 Å². The minimum atomic E-state index is -0.576. The summed E-state index contributed by atoms with van der Waals surface area (Å²) in [5, 5.41) is 0. The van der Waals surface area contributed by atoms with Crippen molar-refractivity contribution in [2.24, 2.45) is 0 Å². The van der Waals surface area contributed by atoms with Gasteiger partial charge in [0.2, 0.25) is 0 Å². The molecule has 1 aliphatic heterocycles. The maximum Gasteiger partial charge on any atom is 0.508 e. The fourth-order valence-electron chi connectivity index (χ4n) is 1.11. The number of carbonyl (C=O) groups excluding carboxylic acids is 1. The molecule has 1 saturated heterocycles. The number of carbonyl (C=O) groups is 1. The van der Waals surface area contributed by atoms with Crippen LogP contribution in [0.5, 0.6) is 0 Å². The maximum absolute atomic E-state index is 10.6. The SMILES string of the molecule is O=C1OCC(CSc2cncc(Br)c2)O1. The van der Waals surface area contributed by atoms with Gasteiger partial charge in [-0.3, -0.25) is 4.98 Å². The van der Waals surface area contributed by atoms with Crippen LogP contribution in [-0.4, -0.2) is 29.6 Å². The third kappa shape index (κ3) is 3.10. The lowest BCUT2D eigenvalue weighted by atomic mass is 10.4. The van der Waals surface area contributed by atoms with Crippen molar-refractivity contribution in [1.82, 2.24) is 4.98 Å². The van der Waals surface area contributed by atoms with Crippen LogP contribution in [0.1, 0.15) is 0 Å². The number of thioether (sulfide) groups is 1. The summed E-state index contributed by atoms with van der Waals surface area (Å²) in [6.07, 6.45) is 2.77. The molecule has 1 atom stereocenters. The number of halogens is 1. The van der Waals surface area contributed by atoms with Crippen LogP contribution in [0.2, 0.25) is 0 Å². The number of ether oxygens (including phenoxy) is 2. The third-order valence-electron chi connectivity index (χ3n) is 1.77. The van der Waals surface area contributed by atoms with Crippen molar-refractivity contribution < 1.29 is 14.3 Å². The first-order valence-corrected chi connectivity index (χ1v) is 6.08. The topological polar surface area (TPSA) is 48.4 Å². The van der Waals surface area contributed by atoms with Gasteiger partial charge < -0.3 is 9.47 Å². The molecule has 0 radical (unpaired) electrons. The Labute approximate surface area is 99.5 Å². The molecule has 0 N–H and O–H groups in total. The number of nitrogens with zero attached hydrogens (tertiary/aromatic N) is 1. The number of cyclic esters (lactones) is 2. The van der Waals surface area contributed by atoms with Crippen molar-refractivity contribution in [2.75, 3.05) is 12.4 Å². The standard InChI is InChI=1S/C9H8BrNO3S/c10-6-1-8(3-11-2-6)15-5-7-4-13-9(12)14-7/h1-3,7H,4-5H2. The molecular weight excluding hydrogens is 282 g/mol. The summed E-state index contributed by atoms with van der Waals surface area (Å²) in [6, 6.07) is 1.97. The van der Waals surface area contributed by atoms with Gasteiger partial charge in [0.1, 0.15) is 12.7 Å². The highest BCUT2D eigenvalue weighted by atomic mass is 79.9. The quantitative estimate of drug-likeness (QED) is 0.632. The molecule has 0 amide bonds. The fourth-order valence-corrected chi connectivity index (χ4v) is 2.51. The normalized spacial score (nSPS) is 19.8. The molecule has 2 heterocycles. The Morgan fingerprint density at radius 1 is 1.60 bits per heavy atom. The van der Waals surface area contributed by atoms with Crippen LogP contribution in [0.4, 0.5) is 4.79 Å². The Balaban J connectivity index is 1.85. The molecule has 4 nitrogen and oxygen atoms in total. The van der Waals surface area contributed by atoms with Crippen molar-refractivity contribution in [3.63, 3.8) is 0 Å². The summed E-state index contributed by atoms with van der Waals surface area (Å²) in [5.74, 6) is 0.684. The van der Waals surface area contributed by atoms with Gasteiger partial charge in [0.05, 0.1) is 0 Å². The molecule has 6 heteroatoms. The first kappa shape index (κ1) is 10.8. The predicted molar refractivity (Wildman–Crippen MR) is 58.9 cm³/mol. The summed E-state index contributed by atoms with van der Waals surface area (Å²) in [5.41, 5.74) is 0. The van der Waals surface area contributed by atoms with E-state index >= 15 is 0 Å². The largest absolute Gasteiger partial charge is 0.508 e. The fraction of sp³-hybridized carbons (Fsp3) is 0.333. The lowest BCUT2D eigenvalue weighted by Gasteiger charge is -2.05. The van der Waals surface area contributed by atoms with Gasteiger partial charge in [-0.2, -0.15) is 0 Å². The average molecular weight is 290 g/mol. The predicted octanol–water partition coefficient (Wildman–Crippen LogP) is 2.47. The van der Waals surface area contributed by atoms with Crippen LogP contribution in [0.25, 0.3) is 0 Å². The Morgan fingerprint density at radius 3 is 3.13 bits per heavy atom.